The number of likely N-dealkylation sites (tertiary alicyclic amines) is 1. The first kappa shape index (κ1) is 14.4. The predicted octanol–water partition coefficient (Wildman–Crippen LogP) is 0.269. The molecule has 1 fully saturated rings. The summed E-state index contributed by atoms with van der Waals surface area (Å²) >= 11 is 0. The number of hydrogen-bond acceptors (Lipinski definition) is 4. The van der Waals surface area contributed by atoms with Gasteiger partial charge in [0.15, 0.2) is 0 Å². The molecule has 1 heterocycles. The van der Waals surface area contributed by atoms with Gasteiger partial charge < -0.3 is 19.5 Å². The van der Waals surface area contributed by atoms with Gasteiger partial charge in [0.2, 0.25) is 5.91 Å². The van der Waals surface area contributed by atoms with Crippen LogP contribution >= 0.6 is 0 Å². The van der Waals surface area contributed by atoms with E-state index in [4.69, 9.17) is 9.47 Å². The van der Waals surface area contributed by atoms with Crippen LogP contribution in [0.15, 0.2) is 0 Å². The Morgan fingerprint density at radius 3 is 2.88 bits per heavy atom. The third-order valence-electron chi connectivity index (χ3n) is 3.23. The summed E-state index contributed by atoms with van der Waals surface area (Å²) < 4.78 is 10.0. The van der Waals surface area contributed by atoms with E-state index in [0.29, 0.717) is 32.7 Å². The van der Waals surface area contributed by atoms with Crippen LogP contribution in [0.25, 0.3) is 0 Å². The molecule has 1 N–H and O–H groups in total. The van der Waals surface area contributed by atoms with Gasteiger partial charge in [-0.15, -0.1) is 0 Å². The molecule has 0 saturated carbocycles. The zero-order valence-corrected chi connectivity index (χ0v) is 10.7. The Balaban J connectivity index is 2.27. The lowest BCUT2D eigenvalue weighted by Gasteiger charge is -2.35. The number of rotatable bonds is 6. The van der Waals surface area contributed by atoms with E-state index in [2.05, 4.69) is 0 Å². The molecule has 5 nitrogen and oxygen atoms in total. The summed E-state index contributed by atoms with van der Waals surface area (Å²) in [5.74, 6) is 0.207. The van der Waals surface area contributed by atoms with Gasteiger partial charge in [-0.2, -0.15) is 0 Å². The fraction of sp³-hybridized carbons (Fsp3) is 0.917. The number of aliphatic hydroxyl groups is 1. The van der Waals surface area contributed by atoms with Crippen LogP contribution in [0.1, 0.15) is 19.8 Å². The minimum atomic E-state index is -0.265. The second-order valence-corrected chi connectivity index (χ2v) is 4.41. The van der Waals surface area contributed by atoms with Crippen LogP contribution in [0.5, 0.6) is 0 Å². The number of methoxy groups -OCH3 is 1. The molecule has 0 aromatic rings. The molecule has 17 heavy (non-hydrogen) atoms. The maximum absolute atomic E-state index is 11.8. The maximum Gasteiger partial charge on any atom is 0.248 e. The SMILES string of the molecule is CCC1CN(C(=O)COCCOC)CCC1O. The highest BCUT2D eigenvalue weighted by atomic mass is 16.5. The average molecular weight is 245 g/mol. The lowest BCUT2D eigenvalue weighted by atomic mass is 9.92. The third-order valence-corrected chi connectivity index (χ3v) is 3.23. The predicted molar refractivity (Wildman–Crippen MR) is 63.7 cm³/mol. The Bertz CT molecular complexity index is 235. The largest absolute Gasteiger partial charge is 0.393 e. The summed E-state index contributed by atoms with van der Waals surface area (Å²) in [6.45, 7) is 4.36. The number of carbonyl (C=O) groups is 1. The molecule has 1 amide bonds. The molecule has 5 heteroatoms. The van der Waals surface area contributed by atoms with Gasteiger partial charge in [0, 0.05) is 26.1 Å². The molecule has 0 aromatic heterocycles. The highest BCUT2D eigenvalue weighted by Gasteiger charge is 2.28. The Morgan fingerprint density at radius 2 is 2.24 bits per heavy atom. The van der Waals surface area contributed by atoms with Gasteiger partial charge in [-0.1, -0.05) is 6.92 Å². The van der Waals surface area contributed by atoms with Crippen molar-refractivity contribution in [2.45, 2.75) is 25.9 Å². The molecule has 1 rings (SSSR count). The van der Waals surface area contributed by atoms with E-state index in [1.54, 1.807) is 12.0 Å². The first-order valence-electron chi connectivity index (χ1n) is 6.21. The van der Waals surface area contributed by atoms with Crippen molar-refractivity contribution < 1.29 is 19.4 Å². The number of amides is 1. The topological polar surface area (TPSA) is 59.0 Å². The molecule has 100 valence electrons. The monoisotopic (exact) mass is 245 g/mol. The number of ether oxygens (including phenoxy) is 2. The fourth-order valence-electron chi connectivity index (χ4n) is 2.04. The summed E-state index contributed by atoms with van der Waals surface area (Å²) in [5.41, 5.74) is 0. The van der Waals surface area contributed by atoms with Crippen molar-refractivity contribution in [1.82, 2.24) is 4.90 Å². The first-order chi connectivity index (χ1) is 8.19. The zero-order valence-electron chi connectivity index (χ0n) is 10.7. The number of aliphatic hydroxyl groups excluding tert-OH is 1. The van der Waals surface area contributed by atoms with E-state index in [1.807, 2.05) is 6.92 Å². The quantitative estimate of drug-likeness (QED) is 0.682. The normalized spacial score (nSPS) is 25.0. The average Bonchev–Trinajstić information content (AvgIpc) is 2.35. The number of piperidine rings is 1. The minimum Gasteiger partial charge on any atom is -0.393 e. The van der Waals surface area contributed by atoms with Crippen molar-refractivity contribution >= 4 is 5.91 Å². The Kier molecular flexibility index (Phi) is 6.47. The Hall–Kier alpha value is -0.650. The van der Waals surface area contributed by atoms with Crippen LogP contribution in [-0.4, -0.2) is 62.0 Å². The number of nitrogens with zero attached hydrogens (tertiary/aromatic N) is 1. The Labute approximate surface area is 103 Å². The number of carbonyl (C=O) groups excluding carboxylic acids is 1. The minimum absolute atomic E-state index is 0.00598. The van der Waals surface area contributed by atoms with Gasteiger partial charge in [-0.05, 0) is 12.8 Å². The van der Waals surface area contributed by atoms with E-state index < -0.39 is 0 Å². The molecule has 0 aliphatic carbocycles. The highest BCUT2D eigenvalue weighted by molar-refractivity contribution is 5.77. The lowest BCUT2D eigenvalue weighted by Crippen LogP contribution is -2.47. The summed E-state index contributed by atoms with van der Waals surface area (Å²) in [4.78, 5) is 13.6. The molecule has 0 aromatic carbocycles. The standard InChI is InChI=1S/C12H23NO4/c1-3-10-8-13(5-4-11(10)14)12(15)9-17-7-6-16-2/h10-11,14H,3-9H2,1-2H3. The second-order valence-electron chi connectivity index (χ2n) is 4.41. The van der Waals surface area contributed by atoms with Gasteiger partial charge >= 0.3 is 0 Å². The molecule has 2 unspecified atom stereocenters. The maximum atomic E-state index is 11.8. The molecule has 1 saturated heterocycles. The molecule has 0 radical (unpaired) electrons. The van der Waals surface area contributed by atoms with E-state index in [1.165, 1.54) is 0 Å². The van der Waals surface area contributed by atoms with Gasteiger partial charge in [-0.25, -0.2) is 0 Å². The summed E-state index contributed by atoms with van der Waals surface area (Å²) in [6.07, 6.45) is 1.30. The van der Waals surface area contributed by atoms with Gasteiger partial charge in [-0.3, -0.25) is 4.79 Å². The van der Waals surface area contributed by atoms with Crippen LogP contribution < -0.4 is 0 Å². The van der Waals surface area contributed by atoms with Crippen LogP contribution in [0.3, 0.4) is 0 Å². The first-order valence-corrected chi connectivity index (χ1v) is 6.21. The van der Waals surface area contributed by atoms with Crippen molar-refractivity contribution in [3.8, 4) is 0 Å². The molecule has 1 aliphatic heterocycles. The smallest absolute Gasteiger partial charge is 0.248 e. The van der Waals surface area contributed by atoms with Crippen molar-refractivity contribution in [3.05, 3.63) is 0 Å². The molecule has 2 atom stereocenters. The van der Waals surface area contributed by atoms with Gasteiger partial charge in [0.05, 0.1) is 19.3 Å². The molecular formula is C12H23NO4. The van der Waals surface area contributed by atoms with Crippen molar-refractivity contribution in [1.29, 1.82) is 0 Å². The Morgan fingerprint density at radius 1 is 1.47 bits per heavy atom. The van der Waals surface area contributed by atoms with E-state index in [-0.39, 0.29) is 24.5 Å². The van der Waals surface area contributed by atoms with Crippen LogP contribution in [-0.2, 0) is 14.3 Å². The van der Waals surface area contributed by atoms with Crippen molar-refractivity contribution in [3.63, 3.8) is 0 Å². The van der Waals surface area contributed by atoms with Crippen LogP contribution in [0, 0.1) is 5.92 Å². The molecule has 1 aliphatic rings. The molecule has 0 bridgehead atoms. The lowest BCUT2D eigenvalue weighted by molar-refractivity contribution is -0.140. The summed E-state index contributed by atoms with van der Waals surface area (Å²) in [7, 11) is 1.60. The summed E-state index contributed by atoms with van der Waals surface area (Å²) in [6, 6.07) is 0. The molecule has 0 spiro atoms. The zero-order chi connectivity index (χ0) is 12.7. The third kappa shape index (κ3) is 4.61. The van der Waals surface area contributed by atoms with Gasteiger partial charge in [0.25, 0.3) is 0 Å². The number of hydrogen-bond donors (Lipinski definition) is 1. The fourth-order valence-corrected chi connectivity index (χ4v) is 2.04. The van der Waals surface area contributed by atoms with Gasteiger partial charge in [0.1, 0.15) is 6.61 Å². The van der Waals surface area contributed by atoms with E-state index in [9.17, 15) is 9.90 Å². The summed E-state index contributed by atoms with van der Waals surface area (Å²) in [5, 5.41) is 9.73. The van der Waals surface area contributed by atoms with E-state index >= 15 is 0 Å². The van der Waals surface area contributed by atoms with Crippen LogP contribution in [0.2, 0.25) is 0 Å². The van der Waals surface area contributed by atoms with E-state index in [0.717, 1.165) is 6.42 Å². The molecular weight excluding hydrogens is 222 g/mol. The van der Waals surface area contributed by atoms with Crippen molar-refractivity contribution in [2.75, 3.05) is 40.0 Å². The van der Waals surface area contributed by atoms with Crippen molar-refractivity contribution in [2.24, 2.45) is 5.92 Å². The second kappa shape index (κ2) is 7.63. The van der Waals surface area contributed by atoms with Crippen LogP contribution in [0.4, 0.5) is 0 Å². The highest BCUT2D eigenvalue weighted by Crippen LogP contribution is 2.19.